The second-order valence-corrected chi connectivity index (χ2v) is 8.71. The van der Waals surface area contributed by atoms with Gasteiger partial charge in [-0.15, -0.1) is 0 Å². The molecule has 1 saturated heterocycles. The number of carbonyl (C=O) groups excluding carboxylic acids is 1. The van der Waals surface area contributed by atoms with E-state index in [-0.39, 0.29) is 23.3 Å². The molecule has 30 heavy (non-hydrogen) atoms. The van der Waals surface area contributed by atoms with E-state index < -0.39 is 0 Å². The van der Waals surface area contributed by atoms with Crippen LogP contribution >= 0.6 is 35.0 Å². The second kappa shape index (κ2) is 9.39. The molecule has 1 amide bonds. The Bertz CT molecular complexity index is 1150. The van der Waals surface area contributed by atoms with E-state index in [1.165, 1.54) is 11.8 Å². The average Bonchev–Trinajstić information content (AvgIpc) is 3.25. The fourth-order valence-corrected chi connectivity index (χ4v) is 4.47. The first kappa shape index (κ1) is 21.2. The van der Waals surface area contributed by atoms with Crippen molar-refractivity contribution in [3.63, 3.8) is 0 Å². The van der Waals surface area contributed by atoms with Crippen molar-refractivity contribution in [3.8, 4) is 0 Å². The maximum atomic E-state index is 13.1. The van der Waals surface area contributed by atoms with Crippen LogP contribution in [0.3, 0.4) is 0 Å². The van der Waals surface area contributed by atoms with Crippen molar-refractivity contribution in [1.82, 2.24) is 9.55 Å². The molecular formula is C21H19Cl2N3O3S. The van der Waals surface area contributed by atoms with E-state index in [0.717, 1.165) is 12.8 Å². The molecule has 156 valence electrons. The van der Waals surface area contributed by atoms with Crippen molar-refractivity contribution in [2.75, 3.05) is 17.7 Å². The predicted molar refractivity (Wildman–Crippen MR) is 121 cm³/mol. The van der Waals surface area contributed by atoms with Crippen molar-refractivity contribution in [2.45, 2.75) is 30.6 Å². The number of halogens is 2. The van der Waals surface area contributed by atoms with Gasteiger partial charge in [-0.05, 0) is 43.2 Å². The van der Waals surface area contributed by atoms with E-state index >= 15 is 0 Å². The lowest BCUT2D eigenvalue weighted by atomic mass is 10.2. The first-order valence-electron chi connectivity index (χ1n) is 9.50. The third kappa shape index (κ3) is 4.81. The molecule has 0 radical (unpaired) electrons. The van der Waals surface area contributed by atoms with Crippen molar-refractivity contribution in [3.05, 3.63) is 62.9 Å². The summed E-state index contributed by atoms with van der Waals surface area (Å²) in [6.07, 6.45) is 1.85. The molecule has 0 saturated carbocycles. The minimum atomic E-state index is -0.268. The van der Waals surface area contributed by atoms with Gasteiger partial charge in [-0.3, -0.25) is 14.2 Å². The zero-order valence-electron chi connectivity index (χ0n) is 15.9. The van der Waals surface area contributed by atoms with E-state index in [2.05, 4.69) is 10.3 Å². The summed E-state index contributed by atoms with van der Waals surface area (Å²) >= 11 is 13.3. The van der Waals surface area contributed by atoms with Gasteiger partial charge < -0.3 is 10.1 Å². The van der Waals surface area contributed by atoms with Crippen molar-refractivity contribution >= 4 is 57.5 Å². The lowest BCUT2D eigenvalue weighted by molar-refractivity contribution is -0.113. The number of fused-ring (bicyclic) bond motifs is 1. The van der Waals surface area contributed by atoms with E-state index in [4.69, 9.17) is 27.9 Å². The van der Waals surface area contributed by atoms with Crippen molar-refractivity contribution in [1.29, 1.82) is 0 Å². The number of nitrogens with one attached hydrogen (secondary N) is 1. The molecule has 6 nitrogen and oxygen atoms in total. The van der Waals surface area contributed by atoms with Gasteiger partial charge in [-0.2, -0.15) is 0 Å². The molecule has 0 spiro atoms. The molecule has 1 atom stereocenters. The molecule has 0 bridgehead atoms. The van der Waals surface area contributed by atoms with Gasteiger partial charge in [0.15, 0.2) is 5.16 Å². The van der Waals surface area contributed by atoms with Crippen LogP contribution < -0.4 is 10.9 Å². The SMILES string of the molecule is O=C(CSc1nc2ccccc2c(=O)n1CC1CCCO1)Nc1cc(Cl)ccc1Cl. The molecular weight excluding hydrogens is 445 g/mol. The van der Waals surface area contributed by atoms with Crippen LogP contribution in [0.5, 0.6) is 0 Å². The maximum absolute atomic E-state index is 13.1. The van der Waals surface area contributed by atoms with Crippen LogP contribution in [0.4, 0.5) is 5.69 Å². The van der Waals surface area contributed by atoms with Crippen LogP contribution in [-0.4, -0.2) is 33.9 Å². The largest absolute Gasteiger partial charge is 0.376 e. The van der Waals surface area contributed by atoms with Crippen LogP contribution in [0, 0.1) is 0 Å². The van der Waals surface area contributed by atoms with Crippen LogP contribution in [-0.2, 0) is 16.1 Å². The Kier molecular flexibility index (Phi) is 6.63. The Labute approximate surface area is 187 Å². The summed E-state index contributed by atoms with van der Waals surface area (Å²) in [6, 6.07) is 12.1. The smallest absolute Gasteiger partial charge is 0.262 e. The molecule has 1 unspecified atom stereocenters. The summed E-state index contributed by atoms with van der Waals surface area (Å²) < 4.78 is 7.32. The minimum absolute atomic E-state index is 0.0240. The van der Waals surface area contributed by atoms with E-state index in [0.29, 0.717) is 44.9 Å². The van der Waals surface area contributed by atoms with Crippen LogP contribution in [0.2, 0.25) is 10.0 Å². The van der Waals surface area contributed by atoms with Crippen molar-refractivity contribution < 1.29 is 9.53 Å². The number of para-hydroxylation sites is 1. The van der Waals surface area contributed by atoms with E-state index in [1.54, 1.807) is 34.9 Å². The molecule has 0 aliphatic carbocycles. The number of rotatable bonds is 6. The Morgan fingerprint density at radius 1 is 1.27 bits per heavy atom. The number of thioether (sulfide) groups is 1. The first-order chi connectivity index (χ1) is 14.5. The van der Waals surface area contributed by atoms with Gasteiger partial charge in [0, 0.05) is 11.6 Å². The predicted octanol–water partition coefficient (Wildman–Crippen LogP) is 4.61. The number of hydrogen-bond acceptors (Lipinski definition) is 5. The Morgan fingerprint density at radius 2 is 2.10 bits per heavy atom. The summed E-state index contributed by atoms with van der Waals surface area (Å²) in [5.41, 5.74) is 0.918. The Morgan fingerprint density at radius 3 is 2.90 bits per heavy atom. The van der Waals surface area contributed by atoms with Crippen LogP contribution in [0.15, 0.2) is 52.4 Å². The second-order valence-electron chi connectivity index (χ2n) is 6.92. The number of nitrogens with zero attached hydrogens (tertiary/aromatic N) is 2. The lowest BCUT2D eigenvalue weighted by Crippen LogP contribution is -2.29. The molecule has 2 heterocycles. The van der Waals surface area contributed by atoms with Gasteiger partial charge in [0.1, 0.15) is 0 Å². The molecule has 3 aromatic rings. The zero-order valence-corrected chi connectivity index (χ0v) is 18.3. The normalized spacial score (nSPS) is 16.1. The van der Waals surface area contributed by atoms with Crippen LogP contribution in [0.1, 0.15) is 12.8 Å². The maximum Gasteiger partial charge on any atom is 0.262 e. The monoisotopic (exact) mass is 463 g/mol. The number of amides is 1. The molecule has 9 heteroatoms. The fraction of sp³-hybridized carbons (Fsp3) is 0.286. The van der Waals surface area contributed by atoms with Gasteiger partial charge >= 0.3 is 0 Å². The number of anilines is 1. The van der Waals surface area contributed by atoms with Gasteiger partial charge in [-0.25, -0.2) is 4.98 Å². The summed E-state index contributed by atoms with van der Waals surface area (Å²) in [7, 11) is 0. The fourth-order valence-electron chi connectivity index (χ4n) is 3.32. The third-order valence-electron chi connectivity index (χ3n) is 4.77. The quantitative estimate of drug-likeness (QED) is 0.426. The summed E-state index contributed by atoms with van der Waals surface area (Å²) in [4.78, 5) is 30.2. The van der Waals surface area contributed by atoms with E-state index in [1.807, 2.05) is 12.1 Å². The average molecular weight is 464 g/mol. The van der Waals surface area contributed by atoms with Crippen LogP contribution in [0.25, 0.3) is 10.9 Å². The highest BCUT2D eigenvalue weighted by molar-refractivity contribution is 7.99. The number of carbonyl (C=O) groups is 1. The van der Waals surface area contributed by atoms with E-state index in [9.17, 15) is 9.59 Å². The standard InChI is InChI=1S/C21H19Cl2N3O3S/c22-13-7-8-16(23)18(10-13)24-19(27)12-30-21-25-17-6-2-1-5-15(17)20(28)26(21)11-14-4-3-9-29-14/h1-2,5-8,10,14H,3-4,9,11-12H2,(H,24,27). The van der Waals surface area contributed by atoms with Crippen molar-refractivity contribution in [2.24, 2.45) is 0 Å². The van der Waals surface area contributed by atoms with Gasteiger partial charge in [0.25, 0.3) is 5.56 Å². The lowest BCUT2D eigenvalue weighted by Gasteiger charge is -2.16. The topological polar surface area (TPSA) is 73.2 Å². The zero-order chi connectivity index (χ0) is 21.1. The molecule has 1 N–H and O–H groups in total. The molecule has 1 fully saturated rings. The highest BCUT2D eigenvalue weighted by Crippen LogP contribution is 2.26. The van der Waals surface area contributed by atoms with Gasteiger partial charge in [0.2, 0.25) is 5.91 Å². The number of ether oxygens (including phenoxy) is 1. The number of benzene rings is 2. The molecule has 2 aromatic carbocycles. The Hall–Kier alpha value is -2.06. The molecule has 1 aliphatic rings. The molecule has 4 rings (SSSR count). The van der Waals surface area contributed by atoms with Gasteiger partial charge in [-0.1, -0.05) is 47.1 Å². The minimum Gasteiger partial charge on any atom is -0.376 e. The highest BCUT2D eigenvalue weighted by atomic mass is 35.5. The Balaban J connectivity index is 1.56. The summed E-state index contributed by atoms with van der Waals surface area (Å²) in [5.74, 6) is -0.200. The molecule has 1 aromatic heterocycles. The number of aromatic nitrogens is 2. The summed E-state index contributed by atoms with van der Waals surface area (Å²) in [5, 5.41) is 4.66. The van der Waals surface area contributed by atoms with Gasteiger partial charge in [0.05, 0.1) is 40.0 Å². The third-order valence-corrected chi connectivity index (χ3v) is 6.31. The highest BCUT2D eigenvalue weighted by Gasteiger charge is 2.20. The first-order valence-corrected chi connectivity index (χ1v) is 11.2. The number of hydrogen-bond donors (Lipinski definition) is 1. The molecule has 1 aliphatic heterocycles. The summed E-state index contributed by atoms with van der Waals surface area (Å²) in [6.45, 7) is 1.12.